The molecule has 0 unspecified atom stereocenters. The van der Waals surface area contributed by atoms with Gasteiger partial charge in [0.2, 0.25) is 0 Å². The van der Waals surface area contributed by atoms with Gasteiger partial charge in [0.25, 0.3) is 5.91 Å². The number of carbonyl (C=O) groups is 1. The standard InChI is InChI=1S/C19H20N4O/c1-14(16-5-3-2-4-6-16)23(13-15-7-8-15)19(24)17-18-21-10-12-22(18)11-9-20-17/h2-6,9-12,14-15H,7-8,13H2,1H3/t14-/m1/s1. The summed E-state index contributed by atoms with van der Waals surface area (Å²) in [5.74, 6) is 0.564. The van der Waals surface area contributed by atoms with E-state index < -0.39 is 0 Å². The fraction of sp³-hybridized carbons (Fsp3) is 0.316. The average Bonchev–Trinajstić information content (AvgIpc) is 3.32. The van der Waals surface area contributed by atoms with Gasteiger partial charge < -0.3 is 9.30 Å². The van der Waals surface area contributed by atoms with Crippen LogP contribution in [0, 0.1) is 5.92 Å². The molecule has 0 saturated heterocycles. The van der Waals surface area contributed by atoms with Crippen LogP contribution in [0.1, 0.15) is 41.9 Å². The Morgan fingerprint density at radius 2 is 1.92 bits per heavy atom. The minimum Gasteiger partial charge on any atom is -0.330 e. The van der Waals surface area contributed by atoms with Crippen molar-refractivity contribution in [3.63, 3.8) is 0 Å². The second-order valence-corrected chi connectivity index (χ2v) is 6.42. The molecule has 1 aromatic carbocycles. The lowest BCUT2D eigenvalue weighted by Crippen LogP contribution is -2.36. The van der Waals surface area contributed by atoms with E-state index in [1.54, 1.807) is 12.4 Å². The summed E-state index contributed by atoms with van der Waals surface area (Å²) in [6, 6.07) is 10.2. The van der Waals surface area contributed by atoms with Gasteiger partial charge >= 0.3 is 0 Å². The molecule has 0 radical (unpaired) electrons. The van der Waals surface area contributed by atoms with Gasteiger partial charge in [0.1, 0.15) is 0 Å². The summed E-state index contributed by atoms with van der Waals surface area (Å²) < 4.78 is 1.84. The van der Waals surface area contributed by atoms with Gasteiger partial charge in [0.05, 0.1) is 6.04 Å². The zero-order chi connectivity index (χ0) is 16.5. The molecule has 1 aliphatic rings. The van der Waals surface area contributed by atoms with Crippen LogP contribution in [0.2, 0.25) is 0 Å². The van der Waals surface area contributed by atoms with Gasteiger partial charge in [-0.3, -0.25) is 4.79 Å². The molecule has 1 aliphatic carbocycles. The summed E-state index contributed by atoms with van der Waals surface area (Å²) >= 11 is 0. The highest BCUT2D eigenvalue weighted by Crippen LogP contribution is 2.33. The molecule has 1 atom stereocenters. The molecular formula is C19H20N4O. The fourth-order valence-corrected chi connectivity index (χ4v) is 3.05. The van der Waals surface area contributed by atoms with Crippen molar-refractivity contribution >= 4 is 11.6 Å². The van der Waals surface area contributed by atoms with Crippen LogP contribution in [0.4, 0.5) is 0 Å². The lowest BCUT2D eigenvalue weighted by atomic mass is 10.1. The highest BCUT2D eigenvalue weighted by atomic mass is 16.2. The highest BCUT2D eigenvalue weighted by molar-refractivity contribution is 5.98. The predicted molar refractivity (Wildman–Crippen MR) is 91.6 cm³/mol. The van der Waals surface area contributed by atoms with E-state index in [2.05, 4.69) is 29.0 Å². The molecule has 5 nitrogen and oxygen atoms in total. The van der Waals surface area contributed by atoms with Crippen molar-refractivity contribution in [1.29, 1.82) is 0 Å². The summed E-state index contributed by atoms with van der Waals surface area (Å²) in [4.78, 5) is 23.8. The Morgan fingerprint density at radius 1 is 1.21 bits per heavy atom. The molecule has 1 saturated carbocycles. The summed E-state index contributed by atoms with van der Waals surface area (Å²) in [5, 5.41) is 0. The minimum atomic E-state index is -0.0462. The average molecular weight is 320 g/mol. The van der Waals surface area contributed by atoms with Gasteiger partial charge in [-0.05, 0) is 31.2 Å². The third-order valence-corrected chi connectivity index (χ3v) is 4.68. The molecule has 2 aromatic heterocycles. The van der Waals surface area contributed by atoms with Crippen molar-refractivity contribution in [2.24, 2.45) is 5.92 Å². The number of hydrogen-bond acceptors (Lipinski definition) is 3. The number of fused-ring (bicyclic) bond motifs is 1. The van der Waals surface area contributed by atoms with E-state index in [1.807, 2.05) is 39.9 Å². The van der Waals surface area contributed by atoms with Crippen LogP contribution in [-0.4, -0.2) is 31.7 Å². The first-order valence-corrected chi connectivity index (χ1v) is 8.37. The number of aromatic nitrogens is 3. The molecule has 4 rings (SSSR count). The highest BCUT2D eigenvalue weighted by Gasteiger charge is 2.32. The monoisotopic (exact) mass is 320 g/mol. The number of amides is 1. The van der Waals surface area contributed by atoms with E-state index in [-0.39, 0.29) is 11.9 Å². The van der Waals surface area contributed by atoms with Crippen molar-refractivity contribution in [3.05, 3.63) is 66.4 Å². The first-order chi connectivity index (χ1) is 11.7. The molecule has 2 heterocycles. The van der Waals surface area contributed by atoms with E-state index in [0.717, 1.165) is 12.1 Å². The quantitative estimate of drug-likeness (QED) is 0.724. The third kappa shape index (κ3) is 2.77. The van der Waals surface area contributed by atoms with E-state index in [4.69, 9.17) is 0 Å². The van der Waals surface area contributed by atoms with Crippen molar-refractivity contribution in [2.75, 3.05) is 6.54 Å². The van der Waals surface area contributed by atoms with Gasteiger partial charge in [-0.25, -0.2) is 9.97 Å². The van der Waals surface area contributed by atoms with Gasteiger partial charge in [-0.15, -0.1) is 0 Å². The molecule has 1 amide bonds. The molecule has 0 bridgehead atoms. The lowest BCUT2D eigenvalue weighted by Gasteiger charge is -2.29. The molecule has 5 heteroatoms. The molecule has 0 N–H and O–H groups in total. The van der Waals surface area contributed by atoms with Gasteiger partial charge in [-0.2, -0.15) is 0 Å². The van der Waals surface area contributed by atoms with Crippen LogP contribution >= 0.6 is 0 Å². The smallest absolute Gasteiger partial charge is 0.276 e. The molecule has 3 aromatic rings. The van der Waals surface area contributed by atoms with Crippen molar-refractivity contribution in [1.82, 2.24) is 19.3 Å². The van der Waals surface area contributed by atoms with Crippen molar-refractivity contribution in [2.45, 2.75) is 25.8 Å². The Labute approximate surface area is 141 Å². The largest absolute Gasteiger partial charge is 0.330 e. The molecule has 0 spiro atoms. The SMILES string of the molecule is C[C@H](c1ccccc1)N(CC1CC1)C(=O)c1nccn2ccnc12. The Bertz CT molecular complexity index is 854. The fourth-order valence-electron chi connectivity index (χ4n) is 3.05. The zero-order valence-corrected chi connectivity index (χ0v) is 13.7. The molecule has 122 valence electrons. The minimum absolute atomic E-state index is 0.0105. The second-order valence-electron chi connectivity index (χ2n) is 6.42. The Kier molecular flexibility index (Phi) is 3.76. The molecule has 1 fully saturated rings. The number of rotatable bonds is 5. The van der Waals surface area contributed by atoms with E-state index in [9.17, 15) is 4.79 Å². The topological polar surface area (TPSA) is 50.5 Å². The molecule has 0 aliphatic heterocycles. The Hall–Kier alpha value is -2.69. The summed E-state index contributed by atoms with van der Waals surface area (Å²) in [6.45, 7) is 2.86. The molecular weight excluding hydrogens is 300 g/mol. The van der Waals surface area contributed by atoms with Crippen LogP contribution in [0.25, 0.3) is 5.65 Å². The number of carbonyl (C=O) groups excluding carboxylic acids is 1. The van der Waals surface area contributed by atoms with Crippen molar-refractivity contribution in [3.8, 4) is 0 Å². The molecule has 24 heavy (non-hydrogen) atoms. The van der Waals surface area contributed by atoms with Crippen LogP contribution in [0.15, 0.2) is 55.1 Å². The van der Waals surface area contributed by atoms with E-state index in [0.29, 0.717) is 17.3 Å². The van der Waals surface area contributed by atoms with Gasteiger partial charge in [0, 0.05) is 31.3 Å². The summed E-state index contributed by atoms with van der Waals surface area (Å²) in [5.41, 5.74) is 2.18. The first-order valence-electron chi connectivity index (χ1n) is 8.37. The predicted octanol–water partition coefficient (Wildman–Crippen LogP) is 3.34. The maximum Gasteiger partial charge on any atom is 0.276 e. The maximum absolute atomic E-state index is 13.2. The first kappa shape index (κ1) is 14.9. The number of nitrogens with zero attached hydrogens (tertiary/aromatic N) is 4. The summed E-state index contributed by atoms with van der Waals surface area (Å²) in [7, 11) is 0. The summed E-state index contributed by atoms with van der Waals surface area (Å²) in [6.07, 6.45) is 9.40. The number of benzene rings is 1. The Balaban J connectivity index is 1.70. The number of hydrogen-bond donors (Lipinski definition) is 0. The van der Waals surface area contributed by atoms with Crippen LogP contribution < -0.4 is 0 Å². The number of imidazole rings is 1. The van der Waals surface area contributed by atoms with E-state index >= 15 is 0 Å². The van der Waals surface area contributed by atoms with Gasteiger partial charge in [0.15, 0.2) is 11.3 Å². The maximum atomic E-state index is 13.2. The lowest BCUT2D eigenvalue weighted by molar-refractivity contribution is 0.0676. The van der Waals surface area contributed by atoms with E-state index in [1.165, 1.54) is 12.8 Å². The van der Waals surface area contributed by atoms with Crippen LogP contribution in [0.5, 0.6) is 0 Å². The van der Waals surface area contributed by atoms with Gasteiger partial charge in [-0.1, -0.05) is 30.3 Å². The second kappa shape index (κ2) is 6.07. The Morgan fingerprint density at radius 3 is 2.62 bits per heavy atom. The third-order valence-electron chi connectivity index (χ3n) is 4.68. The van der Waals surface area contributed by atoms with Crippen LogP contribution in [0.3, 0.4) is 0 Å². The normalized spacial score (nSPS) is 15.4. The zero-order valence-electron chi connectivity index (χ0n) is 13.7. The van der Waals surface area contributed by atoms with Crippen LogP contribution in [-0.2, 0) is 0 Å². The van der Waals surface area contributed by atoms with Crippen molar-refractivity contribution < 1.29 is 4.79 Å².